The molecule has 0 aliphatic heterocycles. The summed E-state index contributed by atoms with van der Waals surface area (Å²) in [6, 6.07) is 10.0. The second-order valence-electron chi connectivity index (χ2n) is 5.62. The number of aryl methyl sites for hydroxylation is 1. The van der Waals surface area contributed by atoms with Crippen LogP contribution in [0.4, 0.5) is 0 Å². The number of hydrogen-bond donors (Lipinski definition) is 1. The minimum absolute atomic E-state index is 0.436. The second-order valence-corrected chi connectivity index (χ2v) is 6.47. The fourth-order valence-electron chi connectivity index (χ4n) is 1.95. The Morgan fingerprint density at radius 2 is 1.95 bits per heavy atom. The lowest BCUT2D eigenvalue weighted by Crippen LogP contribution is -2.18. The Balaban J connectivity index is 1.85. The predicted molar refractivity (Wildman–Crippen MR) is 88.5 cm³/mol. The van der Waals surface area contributed by atoms with Crippen LogP contribution in [-0.4, -0.2) is 6.54 Å². The number of hydrogen-bond acceptors (Lipinski definition) is 3. The Morgan fingerprint density at radius 3 is 2.67 bits per heavy atom. The smallest absolute Gasteiger partial charge is 0.146 e. The fraction of sp³-hybridized carbons (Fsp3) is 0.412. The number of benzene rings is 1. The van der Waals surface area contributed by atoms with E-state index in [9.17, 15) is 0 Å². The van der Waals surface area contributed by atoms with Gasteiger partial charge >= 0.3 is 0 Å². The normalized spacial score (nSPS) is 11.1. The van der Waals surface area contributed by atoms with Crippen LogP contribution in [0.3, 0.4) is 0 Å². The molecule has 0 aliphatic rings. The number of nitrogens with one attached hydrogen (secondary N) is 1. The molecule has 1 N–H and O–H groups in total. The summed E-state index contributed by atoms with van der Waals surface area (Å²) in [5.74, 6) is 3.25. The summed E-state index contributed by atoms with van der Waals surface area (Å²) in [6.07, 6.45) is 0. The molecule has 21 heavy (non-hydrogen) atoms. The molecule has 2 rings (SSSR count). The van der Waals surface area contributed by atoms with Gasteiger partial charge in [0.25, 0.3) is 0 Å². The van der Waals surface area contributed by atoms with E-state index in [1.807, 2.05) is 30.3 Å². The molecule has 0 bridgehead atoms. The van der Waals surface area contributed by atoms with E-state index in [0.29, 0.717) is 12.5 Å². The molecule has 0 saturated heterocycles. The highest BCUT2D eigenvalue weighted by Crippen LogP contribution is 2.26. The molecule has 1 aromatic carbocycles. The van der Waals surface area contributed by atoms with E-state index >= 15 is 0 Å². The Morgan fingerprint density at radius 1 is 1.19 bits per heavy atom. The van der Waals surface area contributed by atoms with Gasteiger partial charge in [0.15, 0.2) is 0 Å². The van der Waals surface area contributed by atoms with Crippen LogP contribution < -0.4 is 10.1 Å². The fourth-order valence-corrected chi connectivity index (χ4v) is 2.56. The maximum absolute atomic E-state index is 5.77. The summed E-state index contributed by atoms with van der Waals surface area (Å²) in [4.78, 5) is 0. The molecular formula is C17H22BrNO2. The Hall–Kier alpha value is -1.26. The molecule has 1 heterocycles. The molecule has 1 aromatic heterocycles. The highest BCUT2D eigenvalue weighted by atomic mass is 79.9. The molecule has 0 fully saturated rings. The molecule has 0 aliphatic carbocycles. The third kappa shape index (κ3) is 5.21. The number of halogens is 1. The van der Waals surface area contributed by atoms with Crippen molar-refractivity contribution in [1.82, 2.24) is 5.32 Å². The van der Waals surface area contributed by atoms with Crippen molar-refractivity contribution in [3.63, 3.8) is 0 Å². The molecule has 2 aromatic rings. The van der Waals surface area contributed by atoms with Crippen LogP contribution in [0.5, 0.6) is 5.75 Å². The van der Waals surface area contributed by atoms with Crippen LogP contribution in [-0.2, 0) is 13.2 Å². The third-order valence-electron chi connectivity index (χ3n) is 3.03. The van der Waals surface area contributed by atoms with Gasteiger partial charge in [-0.1, -0.05) is 19.9 Å². The van der Waals surface area contributed by atoms with Crippen molar-refractivity contribution >= 4 is 15.9 Å². The maximum Gasteiger partial charge on any atom is 0.146 e. The quantitative estimate of drug-likeness (QED) is 0.786. The summed E-state index contributed by atoms with van der Waals surface area (Å²) in [5.41, 5.74) is 1.20. The maximum atomic E-state index is 5.77. The minimum atomic E-state index is 0.436. The number of ether oxygens (including phenoxy) is 1. The largest absolute Gasteiger partial charge is 0.484 e. The molecule has 114 valence electrons. The highest BCUT2D eigenvalue weighted by molar-refractivity contribution is 9.10. The third-order valence-corrected chi connectivity index (χ3v) is 3.65. The molecule has 0 amide bonds. The van der Waals surface area contributed by atoms with E-state index in [1.54, 1.807) is 0 Å². The van der Waals surface area contributed by atoms with Gasteiger partial charge in [0.2, 0.25) is 0 Å². The van der Waals surface area contributed by atoms with Crippen LogP contribution >= 0.6 is 15.9 Å². The number of furan rings is 1. The van der Waals surface area contributed by atoms with Crippen molar-refractivity contribution in [3.8, 4) is 5.75 Å². The number of rotatable bonds is 7. The zero-order chi connectivity index (χ0) is 15.2. The van der Waals surface area contributed by atoms with Crippen LogP contribution in [0, 0.1) is 12.8 Å². The Kier molecular flexibility index (Phi) is 5.88. The van der Waals surface area contributed by atoms with E-state index in [1.165, 1.54) is 5.56 Å². The van der Waals surface area contributed by atoms with Gasteiger partial charge in [-0.05, 0) is 65.1 Å². The van der Waals surface area contributed by atoms with Gasteiger partial charge in [0.05, 0.1) is 11.0 Å². The van der Waals surface area contributed by atoms with Crippen LogP contribution in [0.1, 0.15) is 30.9 Å². The summed E-state index contributed by atoms with van der Waals surface area (Å²) < 4.78 is 12.5. The van der Waals surface area contributed by atoms with E-state index < -0.39 is 0 Å². The van der Waals surface area contributed by atoms with Gasteiger partial charge in [-0.2, -0.15) is 0 Å². The second kappa shape index (κ2) is 7.66. The van der Waals surface area contributed by atoms with Crippen LogP contribution in [0.25, 0.3) is 0 Å². The van der Waals surface area contributed by atoms with E-state index in [-0.39, 0.29) is 0 Å². The molecule has 0 unspecified atom stereocenters. The Labute approximate surface area is 134 Å². The predicted octanol–water partition coefficient (Wildman–Crippen LogP) is 4.68. The van der Waals surface area contributed by atoms with Gasteiger partial charge in [0.1, 0.15) is 23.9 Å². The lowest BCUT2D eigenvalue weighted by atomic mass is 10.2. The lowest BCUT2D eigenvalue weighted by Gasteiger charge is -2.07. The zero-order valence-electron chi connectivity index (χ0n) is 12.8. The topological polar surface area (TPSA) is 34.4 Å². The van der Waals surface area contributed by atoms with E-state index in [4.69, 9.17) is 9.15 Å². The molecule has 0 radical (unpaired) electrons. The van der Waals surface area contributed by atoms with Gasteiger partial charge < -0.3 is 14.5 Å². The molecular weight excluding hydrogens is 330 g/mol. The van der Waals surface area contributed by atoms with Gasteiger partial charge in [0, 0.05) is 0 Å². The first-order valence-electron chi connectivity index (χ1n) is 7.22. The SMILES string of the molecule is Cc1ccc(OCc2ccc(CNCC(C)C)o2)c(Br)c1. The van der Waals surface area contributed by atoms with Crippen molar-refractivity contribution in [2.24, 2.45) is 5.92 Å². The Bertz CT molecular complexity index is 578. The van der Waals surface area contributed by atoms with Gasteiger partial charge in [-0.25, -0.2) is 0 Å². The van der Waals surface area contributed by atoms with E-state index in [2.05, 4.69) is 42.0 Å². The van der Waals surface area contributed by atoms with Crippen molar-refractivity contribution in [3.05, 3.63) is 51.9 Å². The van der Waals surface area contributed by atoms with Crippen molar-refractivity contribution in [2.45, 2.75) is 33.9 Å². The minimum Gasteiger partial charge on any atom is -0.484 e. The molecule has 0 saturated carbocycles. The average Bonchev–Trinajstić information content (AvgIpc) is 2.85. The molecule has 3 nitrogen and oxygen atoms in total. The van der Waals surface area contributed by atoms with Crippen LogP contribution in [0.15, 0.2) is 39.2 Å². The molecule has 0 atom stereocenters. The monoisotopic (exact) mass is 351 g/mol. The first-order chi connectivity index (χ1) is 10.0. The first kappa shape index (κ1) is 16.1. The van der Waals surface area contributed by atoms with Crippen molar-refractivity contribution in [2.75, 3.05) is 6.54 Å². The van der Waals surface area contributed by atoms with Crippen molar-refractivity contribution < 1.29 is 9.15 Å². The summed E-state index contributed by atoms with van der Waals surface area (Å²) in [6.45, 7) is 8.61. The average molecular weight is 352 g/mol. The zero-order valence-corrected chi connectivity index (χ0v) is 14.4. The first-order valence-corrected chi connectivity index (χ1v) is 8.01. The standard InChI is InChI=1S/C17H22BrNO2/c1-12(2)9-19-10-14-5-6-15(21-14)11-20-17-7-4-13(3)8-16(17)18/h4-8,12,19H,9-11H2,1-3H3. The molecule has 0 spiro atoms. The van der Waals surface area contributed by atoms with E-state index in [0.717, 1.165) is 34.8 Å². The lowest BCUT2D eigenvalue weighted by molar-refractivity contribution is 0.263. The summed E-state index contributed by atoms with van der Waals surface area (Å²) in [5, 5.41) is 3.36. The van der Waals surface area contributed by atoms with Gasteiger partial charge in [-0.15, -0.1) is 0 Å². The molecule has 4 heteroatoms. The van der Waals surface area contributed by atoms with Gasteiger partial charge in [-0.3, -0.25) is 0 Å². The van der Waals surface area contributed by atoms with Crippen molar-refractivity contribution in [1.29, 1.82) is 0 Å². The van der Waals surface area contributed by atoms with Crippen LogP contribution in [0.2, 0.25) is 0 Å². The highest BCUT2D eigenvalue weighted by Gasteiger charge is 2.06. The summed E-state index contributed by atoms with van der Waals surface area (Å²) in [7, 11) is 0. The summed E-state index contributed by atoms with van der Waals surface area (Å²) >= 11 is 3.51.